The van der Waals surface area contributed by atoms with Crippen molar-refractivity contribution in [3.05, 3.63) is 70.6 Å². The quantitative estimate of drug-likeness (QED) is 0.286. The summed E-state index contributed by atoms with van der Waals surface area (Å²) in [4.78, 5) is 24.8. The van der Waals surface area contributed by atoms with Crippen molar-refractivity contribution in [3.63, 3.8) is 0 Å². The molecule has 1 heterocycles. The molecular weight excluding hydrogens is 497 g/mol. The minimum Gasteiger partial charge on any atom is -0.439 e. The third-order valence-electron chi connectivity index (χ3n) is 6.33. The largest absolute Gasteiger partial charge is 0.439 e. The molecular formula is C27H33F3N6O2. The fourth-order valence-corrected chi connectivity index (χ4v) is 4.03. The van der Waals surface area contributed by atoms with E-state index < -0.39 is 17.6 Å². The zero-order chi connectivity index (χ0) is 27.9. The van der Waals surface area contributed by atoms with Crippen molar-refractivity contribution in [2.24, 2.45) is 15.7 Å². The van der Waals surface area contributed by atoms with Gasteiger partial charge in [0.1, 0.15) is 11.6 Å². The van der Waals surface area contributed by atoms with Gasteiger partial charge in [0.2, 0.25) is 5.88 Å². The number of hydrogen-bond donors (Lipinski definition) is 2. The number of anilines is 1. The van der Waals surface area contributed by atoms with Crippen LogP contribution >= 0.6 is 0 Å². The molecule has 0 aliphatic carbocycles. The molecule has 0 radical (unpaired) electrons. The third-order valence-corrected chi connectivity index (χ3v) is 6.33. The smallest absolute Gasteiger partial charge is 0.416 e. The van der Waals surface area contributed by atoms with Crippen LogP contribution < -0.4 is 15.8 Å². The summed E-state index contributed by atoms with van der Waals surface area (Å²) in [6.45, 7) is 11.5. The first-order valence-corrected chi connectivity index (χ1v) is 12.2. The first-order chi connectivity index (χ1) is 18.0. The zero-order valence-corrected chi connectivity index (χ0v) is 21.8. The second kappa shape index (κ2) is 12.7. The zero-order valence-electron chi connectivity index (χ0n) is 21.8. The van der Waals surface area contributed by atoms with Crippen LogP contribution in [0.2, 0.25) is 0 Å². The van der Waals surface area contributed by atoms with E-state index in [1.54, 1.807) is 19.1 Å². The summed E-state index contributed by atoms with van der Waals surface area (Å²) in [5, 5.41) is 2.57. The second-order valence-electron chi connectivity index (χ2n) is 8.91. The maximum Gasteiger partial charge on any atom is 0.416 e. The van der Waals surface area contributed by atoms with E-state index in [-0.39, 0.29) is 35.1 Å². The lowest BCUT2D eigenvalue weighted by Gasteiger charge is -2.34. The SMILES string of the molecule is C=N/C(=C\C(N)=N/C)Oc1cc(C(=O)Nc2ccc(CN3CCN(CC)CC3)c(C(F)(F)F)c2)ccc1C. The first kappa shape index (κ1) is 28.9. The van der Waals surface area contributed by atoms with Gasteiger partial charge in [0.15, 0.2) is 0 Å². The molecule has 2 aromatic carbocycles. The van der Waals surface area contributed by atoms with E-state index in [0.29, 0.717) is 24.4 Å². The summed E-state index contributed by atoms with van der Waals surface area (Å²) >= 11 is 0. The molecule has 38 heavy (non-hydrogen) atoms. The molecule has 0 saturated carbocycles. The van der Waals surface area contributed by atoms with Gasteiger partial charge in [-0.2, -0.15) is 13.2 Å². The average Bonchev–Trinajstić information content (AvgIpc) is 2.89. The van der Waals surface area contributed by atoms with Gasteiger partial charge in [0.25, 0.3) is 5.91 Å². The topological polar surface area (TPSA) is 95.5 Å². The normalized spacial score (nSPS) is 15.8. The molecule has 0 spiro atoms. The van der Waals surface area contributed by atoms with E-state index in [4.69, 9.17) is 10.5 Å². The number of carbonyl (C=O) groups excluding carboxylic acids is 1. The van der Waals surface area contributed by atoms with Crippen LogP contribution in [0, 0.1) is 6.92 Å². The van der Waals surface area contributed by atoms with Crippen molar-refractivity contribution in [2.45, 2.75) is 26.6 Å². The highest BCUT2D eigenvalue weighted by Gasteiger charge is 2.34. The van der Waals surface area contributed by atoms with E-state index >= 15 is 0 Å². The van der Waals surface area contributed by atoms with E-state index in [9.17, 15) is 18.0 Å². The number of nitrogens with zero attached hydrogens (tertiary/aromatic N) is 4. The van der Waals surface area contributed by atoms with Gasteiger partial charge in [-0.15, -0.1) is 0 Å². The summed E-state index contributed by atoms with van der Waals surface area (Å²) in [5.41, 5.74) is 6.04. The Morgan fingerprint density at radius 1 is 1.16 bits per heavy atom. The number of nitrogens with one attached hydrogen (secondary N) is 1. The number of amidine groups is 1. The number of aryl methyl sites for hydroxylation is 1. The molecule has 3 rings (SSSR count). The summed E-state index contributed by atoms with van der Waals surface area (Å²) < 4.78 is 47.5. The number of likely N-dealkylation sites (N-methyl/N-ethyl adjacent to an activating group) is 1. The molecule has 1 amide bonds. The molecule has 0 unspecified atom stereocenters. The summed E-state index contributed by atoms with van der Waals surface area (Å²) in [5.74, 6) is -0.0193. The number of nitrogens with two attached hydrogens (primary N) is 1. The fraction of sp³-hybridized carbons (Fsp3) is 0.370. The molecule has 204 valence electrons. The molecule has 3 N–H and O–H groups in total. The van der Waals surface area contributed by atoms with Gasteiger partial charge in [0, 0.05) is 57.1 Å². The van der Waals surface area contributed by atoms with Crippen molar-refractivity contribution in [1.29, 1.82) is 0 Å². The molecule has 0 aromatic heterocycles. The Bertz CT molecular complexity index is 1220. The molecule has 8 nitrogen and oxygen atoms in total. The minimum atomic E-state index is -4.56. The van der Waals surface area contributed by atoms with E-state index in [0.717, 1.165) is 25.7 Å². The van der Waals surface area contributed by atoms with Crippen LogP contribution in [0.25, 0.3) is 0 Å². The highest BCUT2D eigenvalue weighted by Crippen LogP contribution is 2.35. The van der Waals surface area contributed by atoms with E-state index in [2.05, 4.69) is 33.8 Å². The van der Waals surface area contributed by atoms with Gasteiger partial charge in [0.05, 0.1) is 5.56 Å². The Kier molecular flexibility index (Phi) is 9.65. The van der Waals surface area contributed by atoms with Crippen LogP contribution in [-0.2, 0) is 12.7 Å². The molecule has 1 saturated heterocycles. The summed E-state index contributed by atoms with van der Waals surface area (Å²) in [6.07, 6.45) is -3.18. The Balaban J connectivity index is 1.79. The fourth-order valence-electron chi connectivity index (χ4n) is 4.03. The lowest BCUT2D eigenvalue weighted by molar-refractivity contribution is -0.138. The Labute approximate surface area is 220 Å². The third kappa shape index (κ3) is 7.65. The van der Waals surface area contributed by atoms with Gasteiger partial charge < -0.3 is 20.7 Å². The van der Waals surface area contributed by atoms with Crippen LogP contribution in [0.5, 0.6) is 5.75 Å². The maximum atomic E-state index is 13.9. The Hall–Kier alpha value is -3.70. The van der Waals surface area contributed by atoms with Crippen molar-refractivity contribution in [2.75, 3.05) is 45.1 Å². The van der Waals surface area contributed by atoms with Crippen LogP contribution in [0.15, 0.2) is 58.3 Å². The first-order valence-electron chi connectivity index (χ1n) is 12.2. The summed E-state index contributed by atoms with van der Waals surface area (Å²) in [6, 6.07) is 8.59. The predicted molar refractivity (Wildman–Crippen MR) is 144 cm³/mol. The molecule has 0 bridgehead atoms. The van der Waals surface area contributed by atoms with Gasteiger partial charge in [-0.05, 0) is 55.6 Å². The van der Waals surface area contributed by atoms with E-state index in [1.807, 2.05) is 4.90 Å². The minimum absolute atomic E-state index is 0.0465. The number of piperazine rings is 1. The molecule has 1 fully saturated rings. The number of alkyl halides is 3. The molecule has 1 aliphatic heterocycles. The number of carbonyl (C=O) groups is 1. The number of amides is 1. The standard InChI is InChI=1S/C27H33F3N6O2/c1-5-35-10-12-36(13-11-35)17-20-8-9-21(15-22(20)27(28,29)30)34-26(37)19-7-6-18(2)23(14-19)38-25(33-4)16-24(31)32-3/h6-9,14-16H,4-5,10-13,17H2,1-3H3,(H2,31,32)(H,34,37)/b25-16+. The van der Waals surface area contributed by atoms with Crippen LogP contribution in [0.3, 0.4) is 0 Å². The lowest BCUT2D eigenvalue weighted by atomic mass is 10.0. The Morgan fingerprint density at radius 3 is 2.45 bits per heavy atom. The lowest BCUT2D eigenvalue weighted by Crippen LogP contribution is -2.45. The molecule has 2 aromatic rings. The van der Waals surface area contributed by atoms with Crippen LogP contribution in [0.1, 0.15) is 34.0 Å². The number of aliphatic imine (C=N–C) groups is 2. The number of rotatable bonds is 9. The highest BCUT2D eigenvalue weighted by molar-refractivity contribution is 6.04. The van der Waals surface area contributed by atoms with Crippen LogP contribution in [0.4, 0.5) is 18.9 Å². The predicted octanol–water partition coefficient (Wildman–Crippen LogP) is 4.31. The highest BCUT2D eigenvalue weighted by atomic mass is 19.4. The molecule has 0 atom stereocenters. The summed E-state index contributed by atoms with van der Waals surface area (Å²) in [7, 11) is 1.51. The van der Waals surface area contributed by atoms with Gasteiger partial charge in [-0.25, -0.2) is 4.99 Å². The Morgan fingerprint density at radius 2 is 1.84 bits per heavy atom. The van der Waals surface area contributed by atoms with Gasteiger partial charge in [-0.3, -0.25) is 14.7 Å². The monoisotopic (exact) mass is 530 g/mol. The van der Waals surface area contributed by atoms with Crippen molar-refractivity contribution in [3.8, 4) is 5.75 Å². The number of hydrogen-bond acceptors (Lipinski definition) is 6. The molecule has 11 heteroatoms. The number of benzene rings is 2. The van der Waals surface area contributed by atoms with Crippen LogP contribution in [-0.4, -0.2) is 68.0 Å². The maximum absolute atomic E-state index is 13.9. The molecule has 1 aliphatic rings. The number of halogens is 3. The van der Waals surface area contributed by atoms with Gasteiger partial charge in [-0.1, -0.05) is 19.1 Å². The number of ether oxygens (including phenoxy) is 1. The van der Waals surface area contributed by atoms with Crippen molar-refractivity contribution in [1.82, 2.24) is 9.80 Å². The van der Waals surface area contributed by atoms with E-state index in [1.165, 1.54) is 31.3 Å². The second-order valence-corrected chi connectivity index (χ2v) is 8.91. The van der Waals surface area contributed by atoms with Gasteiger partial charge >= 0.3 is 6.18 Å². The van der Waals surface area contributed by atoms with Crippen molar-refractivity contribution < 1.29 is 22.7 Å². The average molecular weight is 531 g/mol. The van der Waals surface area contributed by atoms with Crippen molar-refractivity contribution >= 4 is 24.1 Å².